The van der Waals surface area contributed by atoms with Gasteiger partial charge < -0.3 is 20.4 Å². The van der Waals surface area contributed by atoms with Crippen LogP contribution in [-0.2, 0) is 9.59 Å². The fourth-order valence-corrected chi connectivity index (χ4v) is 3.61. The maximum absolute atomic E-state index is 12.5. The molecule has 1 unspecified atom stereocenters. The zero-order valence-electron chi connectivity index (χ0n) is 18.0. The lowest BCUT2D eigenvalue weighted by atomic mass is 10.1. The molecule has 1 aliphatic heterocycles. The second kappa shape index (κ2) is 10.8. The predicted octanol–water partition coefficient (Wildman–Crippen LogP) is 1.83. The van der Waals surface area contributed by atoms with Crippen molar-refractivity contribution < 1.29 is 19.3 Å². The average Bonchev–Trinajstić information content (AvgIpc) is 2.82. The molecule has 0 spiro atoms. The number of halogens is 1. The highest BCUT2D eigenvalue weighted by Gasteiger charge is 2.23. The van der Waals surface area contributed by atoms with E-state index in [1.54, 1.807) is 11.0 Å². The monoisotopic (exact) mass is 473 g/mol. The SMILES string of the molecule is CC(NC(=O)c1cccc([N+](=O)[O-])c1)C(=O)NCC(=O)N1CCN(c2cccc(Cl)c2)CC1. The number of anilines is 1. The van der Waals surface area contributed by atoms with Crippen molar-refractivity contribution >= 4 is 40.7 Å². The lowest BCUT2D eigenvalue weighted by Crippen LogP contribution is -2.52. The Morgan fingerprint density at radius 3 is 2.45 bits per heavy atom. The van der Waals surface area contributed by atoms with Crippen molar-refractivity contribution in [2.24, 2.45) is 0 Å². The summed E-state index contributed by atoms with van der Waals surface area (Å²) in [5.74, 6) is -1.36. The highest BCUT2D eigenvalue weighted by Crippen LogP contribution is 2.20. The van der Waals surface area contributed by atoms with Crippen molar-refractivity contribution in [3.63, 3.8) is 0 Å². The molecule has 0 bridgehead atoms. The smallest absolute Gasteiger partial charge is 0.270 e. The quantitative estimate of drug-likeness (QED) is 0.467. The molecule has 3 amide bonds. The van der Waals surface area contributed by atoms with Gasteiger partial charge in [0.25, 0.3) is 11.6 Å². The van der Waals surface area contributed by atoms with Crippen molar-refractivity contribution in [3.05, 3.63) is 69.2 Å². The van der Waals surface area contributed by atoms with E-state index in [4.69, 9.17) is 11.6 Å². The van der Waals surface area contributed by atoms with Gasteiger partial charge in [0.1, 0.15) is 6.04 Å². The zero-order chi connectivity index (χ0) is 24.0. The fraction of sp³-hybridized carbons (Fsp3) is 0.318. The van der Waals surface area contributed by atoms with Gasteiger partial charge in [0.2, 0.25) is 11.8 Å². The van der Waals surface area contributed by atoms with Crippen LogP contribution in [0.15, 0.2) is 48.5 Å². The summed E-state index contributed by atoms with van der Waals surface area (Å²) in [5, 5.41) is 16.5. The van der Waals surface area contributed by atoms with Crippen LogP contribution in [0.25, 0.3) is 0 Å². The molecule has 1 fully saturated rings. The Morgan fingerprint density at radius 2 is 1.79 bits per heavy atom. The fourth-order valence-electron chi connectivity index (χ4n) is 3.42. The van der Waals surface area contributed by atoms with E-state index >= 15 is 0 Å². The number of benzene rings is 2. The van der Waals surface area contributed by atoms with Crippen molar-refractivity contribution in [2.45, 2.75) is 13.0 Å². The molecule has 0 saturated carbocycles. The van der Waals surface area contributed by atoms with Crippen LogP contribution in [0.1, 0.15) is 17.3 Å². The molecule has 2 N–H and O–H groups in total. The minimum absolute atomic E-state index is 0.0671. The maximum atomic E-state index is 12.5. The minimum Gasteiger partial charge on any atom is -0.368 e. The van der Waals surface area contributed by atoms with Crippen molar-refractivity contribution in [3.8, 4) is 0 Å². The number of piperazine rings is 1. The first-order chi connectivity index (χ1) is 15.7. The van der Waals surface area contributed by atoms with E-state index in [1.165, 1.54) is 25.1 Å². The summed E-state index contributed by atoms with van der Waals surface area (Å²) in [7, 11) is 0. The lowest BCUT2D eigenvalue weighted by molar-refractivity contribution is -0.384. The van der Waals surface area contributed by atoms with E-state index in [0.29, 0.717) is 31.2 Å². The molecule has 174 valence electrons. The summed E-state index contributed by atoms with van der Waals surface area (Å²) >= 11 is 6.04. The number of nitrogens with one attached hydrogen (secondary N) is 2. The number of hydrogen-bond acceptors (Lipinski definition) is 6. The highest BCUT2D eigenvalue weighted by molar-refractivity contribution is 6.30. The third kappa shape index (κ3) is 6.42. The molecule has 0 aromatic heterocycles. The van der Waals surface area contributed by atoms with Crippen LogP contribution in [-0.4, -0.2) is 66.3 Å². The Bertz CT molecular complexity index is 1050. The summed E-state index contributed by atoms with van der Waals surface area (Å²) in [6.07, 6.45) is 0. The average molecular weight is 474 g/mol. The van der Waals surface area contributed by atoms with Crippen LogP contribution in [0, 0.1) is 10.1 Å². The predicted molar refractivity (Wildman–Crippen MR) is 123 cm³/mol. The number of nitro benzene ring substituents is 1. The van der Waals surface area contributed by atoms with Gasteiger partial charge >= 0.3 is 0 Å². The Kier molecular flexibility index (Phi) is 7.83. The molecule has 3 rings (SSSR count). The largest absolute Gasteiger partial charge is 0.368 e. The van der Waals surface area contributed by atoms with Gasteiger partial charge in [-0.1, -0.05) is 23.7 Å². The summed E-state index contributed by atoms with van der Waals surface area (Å²) in [5.41, 5.74) is 0.842. The van der Waals surface area contributed by atoms with Crippen LogP contribution in [0.2, 0.25) is 5.02 Å². The number of rotatable bonds is 7. The van der Waals surface area contributed by atoms with Gasteiger partial charge in [0.15, 0.2) is 0 Å². The van der Waals surface area contributed by atoms with Gasteiger partial charge in [0.05, 0.1) is 11.5 Å². The molecule has 2 aromatic carbocycles. The van der Waals surface area contributed by atoms with Crippen LogP contribution < -0.4 is 15.5 Å². The van der Waals surface area contributed by atoms with E-state index in [2.05, 4.69) is 15.5 Å². The normalized spacial score (nSPS) is 14.4. The third-order valence-electron chi connectivity index (χ3n) is 5.28. The minimum atomic E-state index is -0.927. The number of non-ortho nitro benzene ring substituents is 1. The number of amides is 3. The van der Waals surface area contributed by atoms with Gasteiger partial charge in [-0.2, -0.15) is 0 Å². The maximum Gasteiger partial charge on any atom is 0.270 e. The Hall–Kier alpha value is -3.66. The van der Waals surface area contributed by atoms with Crippen LogP contribution in [0.5, 0.6) is 0 Å². The highest BCUT2D eigenvalue weighted by atomic mass is 35.5. The van der Waals surface area contributed by atoms with Gasteiger partial charge in [-0.3, -0.25) is 24.5 Å². The molecule has 11 heteroatoms. The molecule has 33 heavy (non-hydrogen) atoms. The molecule has 1 atom stereocenters. The van der Waals surface area contributed by atoms with E-state index in [-0.39, 0.29) is 23.7 Å². The Labute approximate surface area is 195 Å². The molecule has 1 heterocycles. The van der Waals surface area contributed by atoms with Gasteiger partial charge in [-0.25, -0.2) is 0 Å². The van der Waals surface area contributed by atoms with E-state index < -0.39 is 22.8 Å². The van der Waals surface area contributed by atoms with Gasteiger partial charge in [-0.05, 0) is 31.2 Å². The van der Waals surface area contributed by atoms with Gasteiger partial charge in [0, 0.05) is 54.6 Å². The zero-order valence-corrected chi connectivity index (χ0v) is 18.7. The Morgan fingerprint density at radius 1 is 1.09 bits per heavy atom. The summed E-state index contributed by atoms with van der Waals surface area (Å²) in [6, 6.07) is 11.8. The molecule has 0 radical (unpaired) electrons. The number of carbonyl (C=O) groups excluding carboxylic acids is 3. The second-order valence-electron chi connectivity index (χ2n) is 7.57. The summed E-state index contributed by atoms with van der Waals surface area (Å²) < 4.78 is 0. The molecule has 2 aromatic rings. The number of hydrogen-bond donors (Lipinski definition) is 2. The standard InChI is InChI=1S/C22H24ClN5O5/c1-15(25-22(31)16-4-2-7-19(12-16)28(32)33)21(30)24-14-20(29)27-10-8-26(9-11-27)18-6-3-5-17(23)13-18/h2-7,12-13,15H,8-11,14H2,1H3,(H,24,30)(H,25,31). The summed E-state index contributed by atoms with van der Waals surface area (Å²) in [6.45, 7) is 3.61. The topological polar surface area (TPSA) is 125 Å². The second-order valence-corrected chi connectivity index (χ2v) is 8.00. The molecule has 1 saturated heterocycles. The van der Waals surface area contributed by atoms with Crippen LogP contribution >= 0.6 is 11.6 Å². The number of carbonyl (C=O) groups is 3. The third-order valence-corrected chi connectivity index (χ3v) is 5.51. The van der Waals surface area contributed by atoms with Crippen molar-refractivity contribution in [1.29, 1.82) is 0 Å². The Balaban J connectivity index is 1.44. The van der Waals surface area contributed by atoms with E-state index in [1.807, 2.05) is 18.2 Å². The van der Waals surface area contributed by atoms with E-state index in [0.717, 1.165) is 11.8 Å². The lowest BCUT2D eigenvalue weighted by Gasteiger charge is -2.36. The summed E-state index contributed by atoms with van der Waals surface area (Å²) in [4.78, 5) is 51.2. The van der Waals surface area contributed by atoms with Crippen molar-refractivity contribution in [2.75, 3.05) is 37.6 Å². The number of nitrogens with zero attached hydrogens (tertiary/aromatic N) is 3. The molecule has 10 nitrogen and oxygen atoms in total. The molecule has 1 aliphatic rings. The van der Waals surface area contributed by atoms with Gasteiger partial charge in [-0.15, -0.1) is 0 Å². The first kappa shape index (κ1) is 24.0. The first-order valence-electron chi connectivity index (χ1n) is 10.4. The number of nitro groups is 1. The first-order valence-corrected chi connectivity index (χ1v) is 10.7. The molecular formula is C22H24ClN5O5. The molecule has 0 aliphatic carbocycles. The van der Waals surface area contributed by atoms with Crippen molar-refractivity contribution in [1.82, 2.24) is 15.5 Å². The van der Waals surface area contributed by atoms with E-state index in [9.17, 15) is 24.5 Å². The van der Waals surface area contributed by atoms with Crippen LogP contribution in [0.3, 0.4) is 0 Å². The molecular weight excluding hydrogens is 450 g/mol. The van der Waals surface area contributed by atoms with Crippen LogP contribution in [0.4, 0.5) is 11.4 Å².